The smallest absolute Gasteiger partial charge is 0.428 e. The maximum atomic E-state index is 10.9. The van der Waals surface area contributed by atoms with Crippen LogP contribution in [0.5, 0.6) is 0 Å². The Hall–Kier alpha value is -1.14. The molecule has 1 unspecified atom stereocenters. The number of amides is 1. The molecule has 0 aliphatic rings. The third-order valence-corrected chi connectivity index (χ3v) is 0.988. The van der Waals surface area contributed by atoms with Crippen LogP contribution in [0.4, 0.5) is 4.79 Å². The van der Waals surface area contributed by atoms with E-state index >= 15 is 0 Å². The zero-order valence-corrected chi connectivity index (χ0v) is 8.52. The van der Waals surface area contributed by atoms with Gasteiger partial charge in [-0.2, -0.15) is 5.10 Å². The molecule has 0 radical (unpaired) electrons. The van der Waals surface area contributed by atoms with E-state index in [4.69, 9.17) is 14.9 Å². The van der Waals surface area contributed by atoms with E-state index in [-0.39, 0.29) is 0 Å². The summed E-state index contributed by atoms with van der Waals surface area (Å²) in [5, 5.41) is 20.6. The van der Waals surface area contributed by atoms with Gasteiger partial charge in [0.2, 0.25) is 0 Å². The molecule has 0 saturated carbocycles. The van der Waals surface area contributed by atoms with Crippen LogP contribution in [-0.4, -0.2) is 40.8 Å². The normalized spacial score (nSPS) is 14.1. The molecule has 0 heterocycles. The second kappa shape index (κ2) is 5.56. The number of ether oxygens (including phenoxy) is 1. The minimum Gasteiger partial charge on any atom is -0.443 e. The van der Waals surface area contributed by atoms with Crippen LogP contribution in [0.1, 0.15) is 20.8 Å². The van der Waals surface area contributed by atoms with Crippen LogP contribution in [0, 0.1) is 0 Å². The van der Waals surface area contributed by atoms with E-state index in [0.717, 1.165) is 6.21 Å². The Balaban J connectivity index is 3.80. The molecule has 0 saturated heterocycles. The molecule has 0 aromatic rings. The maximum Gasteiger partial charge on any atom is 0.428 e. The Bertz CT molecular complexity index is 210. The summed E-state index contributed by atoms with van der Waals surface area (Å²) in [6, 6.07) is 0. The number of carbonyl (C=O) groups is 1. The van der Waals surface area contributed by atoms with Gasteiger partial charge in [-0.15, -0.1) is 0 Å². The minimum absolute atomic E-state index is 0.445. The lowest BCUT2D eigenvalue weighted by atomic mass is 10.2. The number of aliphatic hydroxyl groups excluding tert-OH is 2. The number of nitrogens with zero attached hydrogens (tertiary/aromatic N) is 1. The fourth-order valence-electron chi connectivity index (χ4n) is 0.524. The van der Waals surface area contributed by atoms with E-state index in [2.05, 4.69) is 5.10 Å². The third kappa shape index (κ3) is 7.51. The van der Waals surface area contributed by atoms with E-state index < -0.39 is 24.4 Å². The molecule has 0 rings (SSSR count). The molecule has 0 aromatic carbocycles. The van der Waals surface area contributed by atoms with Gasteiger partial charge in [0.05, 0.1) is 12.8 Å². The molecule has 1 atom stereocenters. The van der Waals surface area contributed by atoms with Gasteiger partial charge in [0.1, 0.15) is 11.7 Å². The quantitative estimate of drug-likeness (QED) is 0.440. The van der Waals surface area contributed by atoms with Gasteiger partial charge in [0, 0.05) is 0 Å². The first-order valence-corrected chi connectivity index (χ1v) is 4.16. The van der Waals surface area contributed by atoms with Crippen molar-refractivity contribution in [2.24, 2.45) is 5.10 Å². The predicted octanol–water partition coefficient (Wildman–Crippen LogP) is -0.150. The zero-order chi connectivity index (χ0) is 11.2. The van der Waals surface area contributed by atoms with Crippen LogP contribution in [0.3, 0.4) is 0 Å². The fraction of sp³-hybridized carbons (Fsp3) is 0.750. The molecular formula is C8H16N2O4. The number of aliphatic hydroxyl groups is 2. The molecule has 0 fully saturated rings. The molecule has 0 aliphatic carbocycles. The van der Waals surface area contributed by atoms with Crippen molar-refractivity contribution < 1.29 is 19.7 Å². The lowest BCUT2D eigenvalue weighted by Gasteiger charge is -2.18. The van der Waals surface area contributed by atoms with Crippen molar-refractivity contribution in [3.8, 4) is 0 Å². The second-order valence-corrected chi connectivity index (χ2v) is 3.64. The molecule has 6 heteroatoms. The number of hydrogen-bond acceptors (Lipinski definition) is 5. The van der Waals surface area contributed by atoms with Gasteiger partial charge in [0.15, 0.2) is 0 Å². The molecule has 0 bridgehead atoms. The van der Waals surface area contributed by atoms with Gasteiger partial charge in [0.25, 0.3) is 0 Å². The Morgan fingerprint density at radius 3 is 2.64 bits per heavy atom. The Morgan fingerprint density at radius 2 is 2.21 bits per heavy atom. The number of rotatable bonds is 3. The monoisotopic (exact) mass is 204 g/mol. The van der Waals surface area contributed by atoms with Gasteiger partial charge in [-0.1, -0.05) is 0 Å². The highest BCUT2D eigenvalue weighted by Gasteiger charge is 2.15. The molecule has 6 nitrogen and oxygen atoms in total. The van der Waals surface area contributed by atoms with Gasteiger partial charge < -0.3 is 14.9 Å². The third-order valence-electron chi connectivity index (χ3n) is 0.988. The Kier molecular flexibility index (Phi) is 5.11. The van der Waals surface area contributed by atoms with Gasteiger partial charge in [-0.3, -0.25) is 0 Å². The lowest BCUT2D eigenvalue weighted by molar-refractivity contribution is 0.0528. The van der Waals surface area contributed by atoms with Crippen LogP contribution in [0.15, 0.2) is 5.10 Å². The van der Waals surface area contributed by atoms with E-state index in [1.54, 1.807) is 20.8 Å². The van der Waals surface area contributed by atoms with Crippen molar-refractivity contribution >= 4 is 12.3 Å². The zero-order valence-electron chi connectivity index (χ0n) is 8.52. The summed E-state index contributed by atoms with van der Waals surface area (Å²) >= 11 is 0. The summed E-state index contributed by atoms with van der Waals surface area (Å²) in [6.07, 6.45) is -0.784. The van der Waals surface area contributed by atoms with Crippen molar-refractivity contribution in [3.63, 3.8) is 0 Å². The highest BCUT2D eigenvalue weighted by atomic mass is 16.6. The van der Waals surface area contributed by atoms with Crippen molar-refractivity contribution in [3.05, 3.63) is 0 Å². The molecule has 3 N–H and O–H groups in total. The number of hydrogen-bond donors (Lipinski definition) is 3. The number of nitrogens with one attached hydrogen (secondary N) is 1. The van der Waals surface area contributed by atoms with E-state index in [1.165, 1.54) is 0 Å². The summed E-state index contributed by atoms with van der Waals surface area (Å²) in [5.41, 5.74) is 1.45. The number of carbonyl (C=O) groups excluding carboxylic acids is 1. The van der Waals surface area contributed by atoms with E-state index in [0.29, 0.717) is 0 Å². The largest absolute Gasteiger partial charge is 0.443 e. The summed E-state index contributed by atoms with van der Waals surface area (Å²) < 4.78 is 4.85. The Labute approximate surface area is 82.6 Å². The van der Waals surface area contributed by atoms with Crippen molar-refractivity contribution in [1.82, 2.24) is 5.43 Å². The van der Waals surface area contributed by atoms with Gasteiger partial charge in [-0.25, -0.2) is 10.2 Å². The summed E-state index contributed by atoms with van der Waals surface area (Å²) in [6.45, 7) is 4.72. The predicted molar refractivity (Wildman–Crippen MR) is 51.0 cm³/mol. The van der Waals surface area contributed by atoms with Crippen molar-refractivity contribution in [1.29, 1.82) is 0 Å². The Morgan fingerprint density at radius 1 is 1.64 bits per heavy atom. The molecule has 0 spiro atoms. The topological polar surface area (TPSA) is 91.2 Å². The first-order valence-electron chi connectivity index (χ1n) is 4.16. The SMILES string of the molecule is CC(C)(C)OC(=O)N/N=C/C(O)CO. The summed E-state index contributed by atoms with van der Waals surface area (Å²) in [7, 11) is 0. The highest BCUT2D eigenvalue weighted by Crippen LogP contribution is 2.05. The van der Waals surface area contributed by atoms with Gasteiger partial charge >= 0.3 is 6.09 Å². The van der Waals surface area contributed by atoms with Crippen molar-refractivity contribution in [2.75, 3.05) is 6.61 Å². The maximum absolute atomic E-state index is 10.9. The van der Waals surface area contributed by atoms with E-state index in [9.17, 15) is 4.79 Å². The summed E-state index contributed by atoms with van der Waals surface area (Å²) in [5.74, 6) is 0. The standard InChI is InChI=1S/C8H16N2O4/c1-8(2,3)14-7(13)10-9-4-6(12)5-11/h4,6,11-12H,5H2,1-3H3,(H,10,13)/b9-4+. The second-order valence-electron chi connectivity index (χ2n) is 3.64. The highest BCUT2D eigenvalue weighted by molar-refractivity contribution is 5.70. The molecule has 14 heavy (non-hydrogen) atoms. The van der Waals surface area contributed by atoms with Crippen LogP contribution in [0.25, 0.3) is 0 Å². The molecule has 82 valence electrons. The average Bonchev–Trinajstić information content (AvgIpc) is 2.00. The van der Waals surface area contributed by atoms with Crippen molar-refractivity contribution in [2.45, 2.75) is 32.5 Å². The fourth-order valence-corrected chi connectivity index (χ4v) is 0.524. The summed E-state index contributed by atoms with van der Waals surface area (Å²) in [4.78, 5) is 10.9. The van der Waals surface area contributed by atoms with Crippen LogP contribution in [-0.2, 0) is 4.74 Å². The first kappa shape index (κ1) is 12.9. The minimum atomic E-state index is -1.08. The van der Waals surface area contributed by atoms with E-state index in [1.807, 2.05) is 5.43 Å². The molecule has 0 aliphatic heterocycles. The number of hydrazone groups is 1. The molecule has 0 aromatic heterocycles. The van der Waals surface area contributed by atoms with Crippen LogP contribution >= 0.6 is 0 Å². The first-order chi connectivity index (χ1) is 6.35. The molecule has 1 amide bonds. The molecular weight excluding hydrogens is 188 g/mol. The van der Waals surface area contributed by atoms with Crippen LogP contribution < -0.4 is 5.43 Å². The van der Waals surface area contributed by atoms with Gasteiger partial charge in [-0.05, 0) is 20.8 Å². The van der Waals surface area contributed by atoms with Crippen LogP contribution in [0.2, 0.25) is 0 Å². The average molecular weight is 204 g/mol. The lowest BCUT2D eigenvalue weighted by Crippen LogP contribution is -2.30.